The maximum atomic E-state index is 12.5. The molecule has 2 heterocycles. The van der Waals surface area contributed by atoms with E-state index in [9.17, 15) is 4.79 Å². The number of carbonyl (C=O) groups is 1. The zero-order valence-corrected chi connectivity index (χ0v) is 14.2. The van der Waals surface area contributed by atoms with Crippen LogP contribution in [-0.2, 0) is 22.7 Å². The summed E-state index contributed by atoms with van der Waals surface area (Å²) in [4.78, 5) is 14.3. The molecular weight excluding hydrogens is 308 g/mol. The molecule has 7 heteroatoms. The van der Waals surface area contributed by atoms with Gasteiger partial charge in [0.25, 0.3) is 5.91 Å². The molecule has 0 fully saturated rings. The number of benzene rings is 1. The van der Waals surface area contributed by atoms with Crippen molar-refractivity contribution in [3.63, 3.8) is 0 Å². The number of fused-ring (bicyclic) bond motifs is 1. The van der Waals surface area contributed by atoms with Gasteiger partial charge in [-0.3, -0.25) is 4.79 Å². The second-order valence-corrected chi connectivity index (χ2v) is 5.92. The average molecular weight is 330 g/mol. The molecule has 1 aromatic carbocycles. The minimum Gasteiger partial charge on any atom is -0.484 e. The lowest BCUT2D eigenvalue weighted by Crippen LogP contribution is -2.43. The molecule has 1 aromatic heterocycles. The molecule has 1 unspecified atom stereocenters. The molecule has 1 aliphatic rings. The lowest BCUT2D eigenvalue weighted by molar-refractivity contribution is -0.136. The molecular formula is C17H22N4O3. The summed E-state index contributed by atoms with van der Waals surface area (Å²) in [6.45, 7) is 5.69. The minimum atomic E-state index is -0.133. The van der Waals surface area contributed by atoms with E-state index in [1.165, 1.54) is 0 Å². The normalized spacial score (nSPS) is 16.8. The Morgan fingerprint density at radius 1 is 1.25 bits per heavy atom. The summed E-state index contributed by atoms with van der Waals surface area (Å²) < 4.78 is 12.8. The molecule has 2 aromatic rings. The van der Waals surface area contributed by atoms with E-state index in [0.717, 1.165) is 17.2 Å². The van der Waals surface area contributed by atoms with Gasteiger partial charge in [-0.2, -0.15) is 0 Å². The summed E-state index contributed by atoms with van der Waals surface area (Å²) in [5.41, 5.74) is 1.16. The second kappa shape index (κ2) is 7.00. The van der Waals surface area contributed by atoms with Gasteiger partial charge in [-0.25, -0.2) is 0 Å². The summed E-state index contributed by atoms with van der Waals surface area (Å²) >= 11 is 0. The van der Waals surface area contributed by atoms with Crippen LogP contribution in [0.25, 0.3) is 0 Å². The predicted octanol–water partition coefficient (Wildman–Crippen LogP) is 1.72. The molecule has 7 nitrogen and oxygen atoms in total. The van der Waals surface area contributed by atoms with E-state index < -0.39 is 0 Å². The Balaban J connectivity index is 1.64. The Morgan fingerprint density at radius 2 is 2.00 bits per heavy atom. The highest BCUT2D eigenvalue weighted by molar-refractivity contribution is 5.78. The number of methoxy groups -OCH3 is 1. The number of carbonyl (C=O) groups excluding carboxylic acids is 1. The fourth-order valence-corrected chi connectivity index (χ4v) is 2.88. The van der Waals surface area contributed by atoms with Crippen molar-refractivity contribution in [2.24, 2.45) is 0 Å². The lowest BCUT2D eigenvalue weighted by atomic mass is 10.2. The first-order valence-corrected chi connectivity index (χ1v) is 8.00. The molecule has 0 aliphatic carbocycles. The number of amides is 1. The zero-order valence-electron chi connectivity index (χ0n) is 14.2. The molecule has 1 atom stereocenters. The second-order valence-electron chi connectivity index (χ2n) is 5.92. The summed E-state index contributed by atoms with van der Waals surface area (Å²) in [7, 11) is 1.63. The number of hydrogen-bond acceptors (Lipinski definition) is 5. The van der Waals surface area contributed by atoms with Crippen molar-refractivity contribution in [3.05, 3.63) is 41.5 Å². The Bertz CT molecular complexity index is 711. The molecule has 3 rings (SSSR count). The quantitative estimate of drug-likeness (QED) is 0.835. The Morgan fingerprint density at radius 3 is 2.71 bits per heavy atom. The van der Waals surface area contributed by atoms with Crippen LogP contribution in [0.1, 0.15) is 30.2 Å². The van der Waals surface area contributed by atoms with Crippen molar-refractivity contribution >= 4 is 5.91 Å². The first kappa shape index (κ1) is 16.4. The van der Waals surface area contributed by atoms with Crippen molar-refractivity contribution in [1.82, 2.24) is 19.7 Å². The molecule has 1 aliphatic heterocycles. The van der Waals surface area contributed by atoms with E-state index >= 15 is 0 Å². The molecule has 0 radical (unpaired) electrons. The molecule has 24 heavy (non-hydrogen) atoms. The van der Waals surface area contributed by atoms with Gasteiger partial charge in [0.05, 0.1) is 6.04 Å². The smallest absolute Gasteiger partial charge is 0.261 e. The fourth-order valence-electron chi connectivity index (χ4n) is 2.88. The SMILES string of the molecule is COCc1nnc2n1CCN(C(=O)COc1ccc(C)cc1)C2C. The third-order valence-corrected chi connectivity index (χ3v) is 4.24. The molecule has 0 N–H and O–H groups in total. The standard InChI is InChI=1S/C17H22N4O3/c1-12-4-6-14(7-5-12)24-11-16(22)20-8-9-21-15(10-23-3)18-19-17(21)13(20)2/h4-7,13H,8-11H2,1-3H3. The van der Waals surface area contributed by atoms with E-state index in [1.54, 1.807) is 12.0 Å². The van der Waals surface area contributed by atoms with Crippen LogP contribution in [0.15, 0.2) is 24.3 Å². The van der Waals surface area contributed by atoms with Crippen molar-refractivity contribution in [2.45, 2.75) is 33.0 Å². The van der Waals surface area contributed by atoms with Crippen LogP contribution in [0, 0.1) is 6.92 Å². The van der Waals surface area contributed by atoms with Gasteiger partial charge in [0, 0.05) is 20.2 Å². The third kappa shape index (κ3) is 3.26. The Kier molecular flexibility index (Phi) is 4.80. The molecule has 0 saturated heterocycles. The van der Waals surface area contributed by atoms with E-state index in [1.807, 2.05) is 42.7 Å². The van der Waals surface area contributed by atoms with Crippen molar-refractivity contribution < 1.29 is 14.3 Å². The van der Waals surface area contributed by atoms with Gasteiger partial charge >= 0.3 is 0 Å². The number of hydrogen-bond donors (Lipinski definition) is 0. The first-order valence-electron chi connectivity index (χ1n) is 8.00. The highest BCUT2D eigenvalue weighted by Gasteiger charge is 2.31. The van der Waals surface area contributed by atoms with Gasteiger partial charge in [0.2, 0.25) is 0 Å². The van der Waals surface area contributed by atoms with E-state index in [4.69, 9.17) is 9.47 Å². The maximum absolute atomic E-state index is 12.5. The zero-order chi connectivity index (χ0) is 17.1. The van der Waals surface area contributed by atoms with Crippen LogP contribution in [0.2, 0.25) is 0 Å². The van der Waals surface area contributed by atoms with Crippen LogP contribution in [0.5, 0.6) is 5.75 Å². The fraction of sp³-hybridized carbons (Fsp3) is 0.471. The first-order chi connectivity index (χ1) is 11.6. The van der Waals surface area contributed by atoms with E-state index in [2.05, 4.69) is 10.2 Å². The summed E-state index contributed by atoms with van der Waals surface area (Å²) in [6, 6.07) is 7.53. The summed E-state index contributed by atoms with van der Waals surface area (Å²) in [5.74, 6) is 2.23. The summed E-state index contributed by atoms with van der Waals surface area (Å²) in [6.07, 6.45) is 0. The van der Waals surface area contributed by atoms with Gasteiger partial charge in [-0.05, 0) is 26.0 Å². The number of aromatic nitrogens is 3. The number of ether oxygens (including phenoxy) is 2. The Labute approximate surface area is 141 Å². The van der Waals surface area contributed by atoms with Crippen molar-refractivity contribution in [3.8, 4) is 5.75 Å². The number of nitrogens with zero attached hydrogens (tertiary/aromatic N) is 4. The van der Waals surface area contributed by atoms with Gasteiger partial charge in [-0.15, -0.1) is 10.2 Å². The largest absolute Gasteiger partial charge is 0.484 e. The van der Waals surface area contributed by atoms with Crippen molar-refractivity contribution in [2.75, 3.05) is 20.3 Å². The third-order valence-electron chi connectivity index (χ3n) is 4.24. The monoisotopic (exact) mass is 330 g/mol. The van der Waals surface area contributed by atoms with Gasteiger partial charge in [-0.1, -0.05) is 17.7 Å². The highest BCUT2D eigenvalue weighted by Crippen LogP contribution is 2.24. The molecule has 0 bridgehead atoms. The van der Waals surface area contributed by atoms with Crippen LogP contribution in [0.4, 0.5) is 0 Å². The Hall–Kier alpha value is -2.41. The topological polar surface area (TPSA) is 69.5 Å². The molecule has 0 spiro atoms. The average Bonchev–Trinajstić information content (AvgIpc) is 2.99. The van der Waals surface area contributed by atoms with E-state index in [0.29, 0.717) is 25.4 Å². The predicted molar refractivity (Wildman–Crippen MR) is 87.5 cm³/mol. The van der Waals surface area contributed by atoms with Crippen LogP contribution in [0.3, 0.4) is 0 Å². The van der Waals surface area contributed by atoms with Gasteiger partial charge in [0.15, 0.2) is 18.3 Å². The minimum absolute atomic E-state index is 0.0203. The van der Waals surface area contributed by atoms with Crippen LogP contribution < -0.4 is 4.74 Å². The molecule has 1 amide bonds. The van der Waals surface area contributed by atoms with Gasteiger partial charge in [0.1, 0.15) is 12.4 Å². The van der Waals surface area contributed by atoms with Crippen molar-refractivity contribution in [1.29, 1.82) is 0 Å². The maximum Gasteiger partial charge on any atom is 0.261 e. The lowest BCUT2D eigenvalue weighted by Gasteiger charge is -2.33. The van der Waals surface area contributed by atoms with Crippen LogP contribution in [-0.4, -0.2) is 45.8 Å². The molecule has 128 valence electrons. The highest BCUT2D eigenvalue weighted by atomic mass is 16.5. The number of rotatable bonds is 5. The van der Waals surface area contributed by atoms with Crippen LogP contribution >= 0.6 is 0 Å². The molecule has 0 saturated carbocycles. The summed E-state index contributed by atoms with van der Waals surface area (Å²) in [5, 5.41) is 8.37. The number of aryl methyl sites for hydroxylation is 1. The van der Waals surface area contributed by atoms with Gasteiger partial charge < -0.3 is 18.9 Å². The van der Waals surface area contributed by atoms with E-state index in [-0.39, 0.29) is 18.6 Å².